The molecular weight excluding hydrogens is 319 g/mol. The van der Waals surface area contributed by atoms with Gasteiger partial charge < -0.3 is 25.4 Å². The van der Waals surface area contributed by atoms with Gasteiger partial charge in [-0.3, -0.25) is 4.90 Å². The van der Waals surface area contributed by atoms with Gasteiger partial charge in [-0.05, 0) is 19.3 Å². The summed E-state index contributed by atoms with van der Waals surface area (Å²) in [5.74, 6) is -1.10. The molecule has 0 saturated carbocycles. The first kappa shape index (κ1) is 26.0. The van der Waals surface area contributed by atoms with Crippen molar-refractivity contribution in [3.05, 3.63) is 24.3 Å². The van der Waals surface area contributed by atoms with Crippen LogP contribution in [0.3, 0.4) is 0 Å². The van der Waals surface area contributed by atoms with Gasteiger partial charge in [-0.25, -0.2) is 0 Å². The van der Waals surface area contributed by atoms with Crippen molar-refractivity contribution in [3.8, 4) is 0 Å². The number of carbonyl (C=O) groups is 1. The monoisotopic (exact) mass is 350 g/mol. The number of carboxylic acids is 1. The zero-order valence-corrected chi connectivity index (χ0v) is 17.3. The first-order valence-electron chi connectivity index (χ1n) is 8.31. The van der Waals surface area contributed by atoms with Crippen molar-refractivity contribution in [2.24, 2.45) is 0 Å². The van der Waals surface area contributed by atoms with Crippen molar-refractivity contribution in [2.75, 3.05) is 32.7 Å². The maximum absolute atomic E-state index is 10.6. The molecule has 6 nitrogen and oxygen atoms in total. The largest absolute Gasteiger partial charge is 1.00 e. The van der Waals surface area contributed by atoms with E-state index in [2.05, 4.69) is 5.32 Å². The van der Waals surface area contributed by atoms with Gasteiger partial charge >= 0.3 is 29.6 Å². The molecule has 0 aromatic heterocycles. The number of aliphatic carboxylic acids is 1. The summed E-state index contributed by atoms with van der Waals surface area (Å²) in [5, 5.41) is 33.3. The van der Waals surface area contributed by atoms with Crippen LogP contribution in [0.15, 0.2) is 24.3 Å². The number of carboxylic acid groups (broad SMARTS) is 1. The summed E-state index contributed by atoms with van der Waals surface area (Å²) in [5.41, 5.74) is 0. The van der Waals surface area contributed by atoms with E-state index < -0.39 is 18.2 Å². The van der Waals surface area contributed by atoms with E-state index in [0.717, 1.165) is 12.8 Å². The van der Waals surface area contributed by atoms with E-state index in [-0.39, 0.29) is 36.0 Å². The van der Waals surface area contributed by atoms with Crippen LogP contribution in [0.2, 0.25) is 0 Å². The Morgan fingerprint density at radius 1 is 1.12 bits per heavy atom. The van der Waals surface area contributed by atoms with Gasteiger partial charge in [-0.15, -0.1) is 0 Å². The van der Waals surface area contributed by atoms with Crippen LogP contribution in [-0.4, -0.2) is 66.0 Å². The number of nitrogens with zero attached hydrogens (tertiary/aromatic N) is 1. The summed E-state index contributed by atoms with van der Waals surface area (Å²) in [7, 11) is 0. The molecule has 7 heteroatoms. The molecule has 0 spiro atoms. The van der Waals surface area contributed by atoms with Gasteiger partial charge in [-0.2, -0.15) is 0 Å². The Bertz CT molecular complexity index is 364. The molecule has 0 saturated heterocycles. The Hall–Kier alpha value is -0.210. The van der Waals surface area contributed by atoms with Gasteiger partial charge in [0.05, 0.1) is 12.2 Å². The molecule has 0 aliphatic rings. The third kappa shape index (κ3) is 16.6. The molecule has 134 valence electrons. The molecule has 2 atom stereocenters. The summed E-state index contributed by atoms with van der Waals surface area (Å²) < 4.78 is 0. The molecule has 0 aliphatic heterocycles. The minimum Gasteiger partial charge on any atom is -0.550 e. The number of hydrogen-bond donors (Lipinski definition) is 3. The molecule has 2 unspecified atom stereocenters. The van der Waals surface area contributed by atoms with Gasteiger partial charge in [0.15, 0.2) is 0 Å². The SMILES string of the molecule is CC/C=C/C(O)CNCCN(CCC(=O)[O-])CC(O)/C=C/CC.[Na+]. The van der Waals surface area contributed by atoms with Gasteiger partial charge in [0.1, 0.15) is 0 Å². The van der Waals surface area contributed by atoms with Crippen LogP contribution in [0.25, 0.3) is 0 Å². The Labute approximate surface area is 167 Å². The number of carbonyl (C=O) groups excluding carboxylic acids is 1. The fourth-order valence-corrected chi connectivity index (χ4v) is 2.01. The number of aliphatic hydroxyl groups is 2. The zero-order valence-electron chi connectivity index (χ0n) is 15.3. The topological polar surface area (TPSA) is 95.9 Å². The summed E-state index contributed by atoms with van der Waals surface area (Å²) in [6.45, 7) is 6.35. The van der Waals surface area contributed by atoms with E-state index in [1.165, 1.54) is 0 Å². The second-order valence-corrected chi connectivity index (χ2v) is 5.43. The van der Waals surface area contributed by atoms with Crippen LogP contribution in [0.4, 0.5) is 0 Å². The fourth-order valence-electron chi connectivity index (χ4n) is 2.01. The molecular formula is C17H31N2NaO4. The maximum Gasteiger partial charge on any atom is 1.00 e. The quantitative estimate of drug-likeness (QED) is 0.172. The van der Waals surface area contributed by atoms with Gasteiger partial charge in [0.25, 0.3) is 0 Å². The summed E-state index contributed by atoms with van der Waals surface area (Å²) in [6, 6.07) is 0. The summed E-state index contributed by atoms with van der Waals surface area (Å²) >= 11 is 0. The van der Waals surface area contributed by atoms with E-state index in [9.17, 15) is 20.1 Å². The number of rotatable bonds is 14. The van der Waals surface area contributed by atoms with Crippen LogP contribution in [0.1, 0.15) is 33.1 Å². The predicted octanol–water partition coefficient (Wildman–Crippen LogP) is -3.32. The van der Waals surface area contributed by atoms with Crippen molar-refractivity contribution in [3.63, 3.8) is 0 Å². The Kier molecular flexibility index (Phi) is 19.1. The summed E-state index contributed by atoms with van der Waals surface area (Å²) in [6.07, 6.45) is 7.80. The molecule has 0 aromatic rings. The summed E-state index contributed by atoms with van der Waals surface area (Å²) in [4.78, 5) is 12.5. The van der Waals surface area contributed by atoms with E-state index in [1.807, 2.05) is 30.9 Å². The first-order chi connectivity index (χ1) is 11.0. The van der Waals surface area contributed by atoms with Crippen molar-refractivity contribution < 1.29 is 49.7 Å². The van der Waals surface area contributed by atoms with E-state index >= 15 is 0 Å². The standard InChI is InChI=1S/C17H32N2O4.Na/c1-3-5-7-15(20)13-18-10-12-19(11-9-17(22)23)14-16(21)8-6-4-2;/h5-8,15-16,18,20-21H,3-4,9-14H2,1-2H3,(H,22,23);/q;+1/p-1/b7-5+,8-6+;. The number of allylic oxidation sites excluding steroid dienone is 2. The van der Waals surface area contributed by atoms with Crippen LogP contribution in [-0.2, 0) is 4.79 Å². The van der Waals surface area contributed by atoms with Crippen molar-refractivity contribution in [1.82, 2.24) is 10.2 Å². The normalized spacial score (nSPS) is 14.2. The third-order valence-corrected chi connectivity index (χ3v) is 3.22. The van der Waals surface area contributed by atoms with Crippen LogP contribution in [0, 0.1) is 0 Å². The Balaban J connectivity index is 0. The molecule has 0 rings (SSSR count). The fraction of sp³-hybridized carbons (Fsp3) is 0.706. The second kappa shape index (κ2) is 17.6. The average molecular weight is 350 g/mol. The zero-order chi connectivity index (χ0) is 17.5. The van der Waals surface area contributed by atoms with E-state index in [0.29, 0.717) is 32.7 Å². The predicted molar refractivity (Wildman–Crippen MR) is 89.8 cm³/mol. The van der Waals surface area contributed by atoms with E-state index in [1.54, 1.807) is 12.2 Å². The van der Waals surface area contributed by atoms with Crippen molar-refractivity contribution >= 4 is 5.97 Å². The van der Waals surface area contributed by atoms with Crippen LogP contribution in [0.5, 0.6) is 0 Å². The molecule has 0 radical (unpaired) electrons. The van der Waals surface area contributed by atoms with Crippen LogP contribution >= 0.6 is 0 Å². The Morgan fingerprint density at radius 2 is 1.71 bits per heavy atom. The van der Waals surface area contributed by atoms with Gasteiger partial charge in [0, 0.05) is 38.7 Å². The first-order valence-corrected chi connectivity index (χ1v) is 8.31. The molecule has 3 N–H and O–H groups in total. The molecule has 0 aromatic carbocycles. The molecule has 0 bridgehead atoms. The van der Waals surface area contributed by atoms with Crippen molar-refractivity contribution in [2.45, 2.75) is 45.3 Å². The van der Waals surface area contributed by atoms with E-state index in [4.69, 9.17) is 0 Å². The minimum atomic E-state index is -1.10. The van der Waals surface area contributed by atoms with Crippen molar-refractivity contribution in [1.29, 1.82) is 0 Å². The number of aliphatic hydroxyl groups excluding tert-OH is 2. The second-order valence-electron chi connectivity index (χ2n) is 5.43. The molecule has 0 fully saturated rings. The smallest absolute Gasteiger partial charge is 0.550 e. The van der Waals surface area contributed by atoms with Gasteiger partial charge in [0.2, 0.25) is 0 Å². The molecule has 0 aliphatic carbocycles. The number of nitrogens with one attached hydrogen (secondary N) is 1. The van der Waals surface area contributed by atoms with Gasteiger partial charge in [-0.1, -0.05) is 38.2 Å². The van der Waals surface area contributed by atoms with Crippen LogP contribution < -0.4 is 40.0 Å². The minimum absolute atomic E-state index is 0. The number of hydrogen-bond acceptors (Lipinski definition) is 6. The Morgan fingerprint density at radius 3 is 2.25 bits per heavy atom. The third-order valence-electron chi connectivity index (χ3n) is 3.22. The molecule has 0 heterocycles. The maximum atomic E-state index is 10.6. The molecule has 24 heavy (non-hydrogen) atoms. The average Bonchev–Trinajstić information content (AvgIpc) is 2.52. The molecule has 0 amide bonds.